The first kappa shape index (κ1) is 17.1. The molecule has 0 heterocycles. The predicted molar refractivity (Wildman–Crippen MR) is 94.2 cm³/mol. The predicted octanol–water partition coefficient (Wildman–Crippen LogP) is 3.57. The summed E-state index contributed by atoms with van der Waals surface area (Å²) >= 11 is 0. The summed E-state index contributed by atoms with van der Waals surface area (Å²) in [6, 6.07) is 8.86. The first-order valence-corrected chi connectivity index (χ1v) is 8.30. The van der Waals surface area contributed by atoms with Crippen molar-refractivity contribution in [3.8, 4) is 0 Å². The Labute approximate surface area is 146 Å². The number of esters is 1. The third-order valence-corrected chi connectivity index (χ3v) is 4.64. The molecule has 0 N–H and O–H groups in total. The molecule has 0 radical (unpaired) electrons. The zero-order valence-electron chi connectivity index (χ0n) is 14.8. The van der Waals surface area contributed by atoms with E-state index in [9.17, 15) is 14.4 Å². The van der Waals surface area contributed by atoms with Crippen molar-refractivity contribution in [2.75, 3.05) is 0 Å². The van der Waals surface area contributed by atoms with Crippen molar-refractivity contribution in [1.29, 1.82) is 0 Å². The molecular weight excluding hydrogens is 316 g/mol. The molecule has 128 valence electrons. The largest absolute Gasteiger partial charge is 0.463 e. The topological polar surface area (TPSA) is 60.4 Å². The lowest BCUT2D eigenvalue weighted by molar-refractivity contribution is -0.145. The van der Waals surface area contributed by atoms with Crippen molar-refractivity contribution in [1.82, 2.24) is 0 Å². The van der Waals surface area contributed by atoms with Crippen LogP contribution in [0.3, 0.4) is 0 Å². The van der Waals surface area contributed by atoms with Gasteiger partial charge in [-0.25, -0.2) is 0 Å². The summed E-state index contributed by atoms with van der Waals surface area (Å²) in [5, 5.41) is 0. The highest BCUT2D eigenvalue weighted by Crippen LogP contribution is 2.33. The van der Waals surface area contributed by atoms with E-state index < -0.39 is 0 Å². The Morgan fingerprint density at radius 3 is 2.16 bits per heavy atom. The van der Waals surface area contributed by atoms with Gasteiger partial charge in [0.1, 0.15) is 6.10 Å². The van der Waals surface area contributed by atoms with Gasteiger partial charge < -0.3 is 4.74 Å². The molecule has 1 unspecified atom stereocenters. The van der Waals surface area contributed by atoms with Crippen molar-refractivity contribution in [2.24, 2.45) is 0 Å². The summed E-state index contributed by atoms with van der Waals surface area (Å²) in [6.45, 7) is 6.89. The second-order valence-electron chi connectivity index (χ2n) is 6.56. The number of fused-ring (bicyclic) bond motifs is 2. The minimum Gasteiger partial charge on any atom is -0.463 e. The molecule has 1 aliphatic carbocycles. The number of hydrogen-bond donors (Lipinski definition) is 0. The van der Waals surface area contributed by atoms with Gasteiger partial charge in [-0.05, 0) is 37.5 Å². The van der Waals surface area contributed by atoms with Crippen LogP contribution in [0.15, 0.2) is 30.3 Å². The van der Waals surface area contributed by atoms with Gasteiger partial charge in [0.2, 0.25) is 0 Å². The Bertz CT molecular complexity index is 908. The van der Waals surface area contributed by atoms with Gasteiger partial charge in [0.25, 0.3) is 0 Å². The van der Waals surface area contributed by atoms with Crippen LogP contribution in [0.25, 0.3) is 0 Å². The van der Waals surface area contributed by atoms with E-state index in [2.05, 4.69) is 0 Å². The van der Waals surface area contributed by atoms with Crippen LogP contribution in [-0.2, 0) is 16.0 Å². The molecule has 25 heavy (non-hydrogen) atoms. The molecule has 1 aliphatic rings. The molecule has 0 aromatic heterocycles. The Hall–Kier alpha value is -2.75. The van der Waals surface area contributed by atoms with E-state index in [0.29, 0.717) is 28.7 Å². The lowest BCUT2D eigenvalue weighted by Gasteiger charge is -2.24. The third kappa shape index (κ3) is 2.88. The zero-order valence-corrected chi connectivity index (χ0v) is 14.8. The maximum atomic E-state index is 13.0. The fourth-order valence-electron chi connectivity index (χ4n) is 3.56. The lowest BCUT2D eigenvalue weighted by atomic mass is 9.78. The van der Waals surface area contributed by atoms with Crippen LogP contribution < -0.4 is 0 Å². The molecule has 3 rings (SSSR count). The fourth-order valence-corrected chi connectivity index (χ4v) is 3.56. The molecule has 4 heteroatoms. The van der Waals surface area contributed by atoms with Crippen LogP contribution in [0.5, 0.6) is 0 Å². The highest BCUT2D eigenvalue weighted by molar-refractivity contribution is 6.29. The lowest BCUT2D eigenvalue weighted by Crippen LogP contribution is -2.25. The maximum Gasteiger partial charge on any atom is 0.302 e. The number of benzene rings is 2. The molecule has 0 saturated heterocycles. The summed E-state index contributed by atoms with van der Waals surface area (Å²) in [4.78, 5) is 37.0. The monoisotopic (exact) mass is 336 g/mol. The number of carbonyl (C=O) groups is 3. The van der Waals surface area contributed by atoms with E-state index in [0.717, 1.165) is 16.7 Å². The van der Waals surface area contributed by atoms with Crippen LogP contribution in [0.1, 0.15) is 62.4 Å². The molecule has 0 aliphatic heterocycles. The zero-order chi connectivity index (χ0) is 18.3. The molecule has 0 saturated carbocycles. The number of hydrogen-bond acceptors (Lipinski definition) is 4. The second-order valence-corrected chi connectivity index (χ2v) is 6.56. The van der Waals surface area contributed by atoms with Gasteiger partial charge in [-0.15, -0.1) is 0 Å². The standard InChI is InChI=1S/C21H20O4/c1-11-9-15(10-12(2)25-14(4)22)13(3)19-18(11)20(23)16-7-5-6-8-17(16)21(19)24/h5-9,12H,10H2,1-4H3. The third-order valence-electron chi connectivity index (χ3n) is 4.64. The normalized spacial score (nSPS) is 13.9. The minimum atomic E-state index is -0.333. The van der Waals surface area contributed by atoms with Gasteiger partial charge in [0, 0.05) is 35.6 Å². The highest BCUT2D eigenvalue weighted by atomic mass is 16.5. The van der Waals surface area contributed by atoms with Crippen molar-refractivity contribution in [3.63, 3.8) is 0 Å². The molecule has 0 fully saturated rings. The number of carbonyl (C=O) groups excluding carboxylic acids is 3. The van der Waals surface area contributed by atoms with Crippen molar-refractivity contribution in [2.45, 2.75) is 40.2 Å². The van der Waals surface area contributed by atoms with Crippen LogP contribution in [0.4, 0.5) is 0 Å². The Kier molecular flexibility index (Phi) is 4.29. The first-order valence-electron chi connectivity index (χ1n) is 8.30. The fraction of sp³-hybridized carbons (Fsp3) is 0.286. The highest BCUT2D eigenvalue weighted by Gasteiger charge is 2.33. The first-order chi connectivity index (χ1) is 11.8. The molecule has 0 bridgehead atoms. The van der Waals surface area contributed by atoms with E-state index in [1.165, 1.54) is 6.92 Å². The Balaban J connectivity index is 2.12. The number of ketones is 2. The summed E-state index contributed by atoms with van der Waals surface area (Å²) in [5.74, 6) is -0.557. The molecule has 0 spiro atoms. The van der Waals surface area contributed by atoms with Gasteiger partial charge >= 0.3 is 5.97 Å². The summed E-state index contributed by atoms with van der Waals surface area (Å²) in [5.41, 5.74) is 4.37. The van der Waals surface area contributed by atoms with E-state index in [1.54, 1.807) is 24.3 Å². The summed E-state index contributed by atoms with van der Waals surface area (Å²) in [7, 11) is 0. The van der Waals surface area contributed by atoms with Crippen molar-refractivity contribution >= 4 is 17.5 Å². The molecule has 1 atom stereocenters. The van der Waals surface area contributed by atoms with Gasteiger partial charge in [-0.3, -0.25) is 14.4 Å². The molecule has 0 amide bonds. The van der Waals surface area contributed by atoms with Crippen molar-refractivity contribution in [3.05, 3.63) is 69.3 Å². The van der Waals surface area contributed by atoms with Crippen LogP contribution in [0, 0.1) is 13.8 Å². The second kappa shape index (κ2) is 6.28. The SMILES string of the molecule is CC(=O)OC(C)Cc1cc(C)c2c(c1C)C(=O)c1ccccc1C2=O. The van der Waals surface area contributed by atoms with Crippen LogP contribution in [-0.4, -0.2) is 23.6 Å². The minimum absolute atomic E-state index is 0.106. The van der Waals surface area contributed by atoms with E-state index >= 15 is 0 Å². The summed E-state index contributed by atoms with van der Waals surface area (Å²) in [6.07, 6.45) is 0.207. The van der Waals surface area contributed by atoms with Gasteiger partial charge in [-0.2, -0.15) is 0 Å². The Morgan fingerprint density at radius 1 is 1.04 bits per heavy atom. The van der Waals surface area contributed by atoms with Gasteiger partial charge in [0.05, 0.1) is 0 Å². The average Bonchev–Trinajstić information content (AvgIpc) is 2.55. The van der Waals surface area contributed by atoms with Crippen molar-refractivity contribution < 1.29 is 19.1 Å². The molecule has 2 aromatic rings. The number of aryl methyl sites for hydroxylation is 1. The van der Waals surface area contributed by atoms with Gasteiger partial charge in [-0.1, -0.05) is 30.3 Å². The van der Waals surface area contributed by atoms with Crippen LogP contribution in [0.2, 0.25) is 0 Å². The number of ether oxygens (including phenoxy) is 1. The quantitative estimate of drug-likeness (QED) is 0.686. The average molecular weight is 336 g/mol. The summed E-state index contributed by atoms with van der Waals surface area (Å²) < 4.78 is 5.21. The van der Waals surface area contributed by atoms with Gasteiger partial charge in [0.15, 0.2) is 11.6 Å². The van der Waals surface area contributed by atoms with E-state index in [-0.39, 0.29) is 23.6 Å². The number of rotatable bonds is 3. The molecule has 2 aromatic carbocycles. The molecule has 4 nitrogen and oxygen atoms in total. The smallest absolute Gasteiger partial charge is 0.302 e. The maximum absolute atomic E-state index is 13.0. The van der Waals surface area contributed by atoms with E-state index in [1.807, 2.05) is 26.8 Å². The molecular formula is C21H20O4. The Morgan fingerprint density at radius 2 is 1.60 bits per heavy atom. The van der Waals surface area contributed by atoms with Crippen LogP contribution >= 0.6 is 0 Å². The van der Waals surface area contributed by atoms with E-state index in [4.69, 9.17) is 4.74 Å².